The normalized spacial score (nSPS) is 25.8. The number of aromatic nitrogens is 2. The Hall–Kier alpha value is -2.10. The molecule has 3 rings (SSSR count). The maximum absolute atomic E-state index is 12.0. The fourth-order valence-electron chi connectivity index (χ4n) is 2.93. The van der Waals surface area contributed by atoms with Crippen molar-refractivity contribution >= 4 is 5.97 Å². The average molecular weight is 270 g/mol. The van der Waals surface area contributed by atoms with Crippen molar-refractivity contribution in [2.24, 2.45) is 5.92 Å². The number of nitrogens with zero attached hydrogens (tertiary/aromatic N) is 2. The molecule has 104 valence electrons. The Labute approximate surface area is 118 Å². The third-order valence-electron chi connectivity index (χ3n) is 3.83. The Morgan fingerprint density at radius 1 is 1.30 bits per heavy atom. The monoisotopic (exact) mass is 270 g/mol. The lowest BCUT2D eigenvalue weighted by Gasteiger charge is -2.30. The van der Waals surface area contributed by atoms with E-state index in [-0.39, 0.29) is 11.9 Å². The summed E-state index contributed by atoms with van der Waals surface area (Å²) in [5.41, 5.74) is 2.07. The number of hydrogen-bond acceptors (Lipinski definition) is 3. The number of hydrogen-bond donors (Lipinski definition) is 0. The van der Waals surface area contributed by atoms with Crippen molar-refractivity contribution in [1.29, 1.82) is 0 Å². The van der Waals surface area contributed by atoms with Crippen molar-refractivity contribution in [3.63, 3.8) is 0 Å². The van der Waals surface area contributed by atoms with Gasteiger partial charge in [-0.2, -0.15) is 5.10 Å². The zero-order chi connectivity index (χ0) is 14.3. The molecule has 0 saturated carbocycles. The summed E-state index contributed by atoms with van der Waals surface area (Å²) in [5, 5.41) is 4.55. The van der Waals surface area contributed by atoms with Crippen molar-refractivity contribution in [1.82, 2.24) is 9.78 Å². The molecule has 0 bridgehead atoms. The van der Waals surface area contributed by atoms with E-state index in [9.17, 15) is 4.79 Å². The second kappa shape index (κ2) is 4.47. The van der Waals surface area contributed by atoms with Gasteiger partial charge in [-0.25, -0.2) is 4.68 Å². The Kier molecular flexibility index (Phi) is 2.89. The molecule has 0 spiro atoms. The molecule has 4 heteroatoms. The van der Waals surface area contributed by atoms with Gasteiger partial charge in [0, 0.05) is 17.7 Å². The maximum Gasteiger partial charge on any atom is 0.311 e. The lowest BCUT2D eigenvalue weighted by atomic mass is 9.95. The van der Waals surface area contributed by atoms with E-state index in [2.05, 4.69) is 5.10 Å². The minimum Gasteiger partial charge on any atom is -0.432 e. The zero-order valence-electron chi connectivity index (χ0n) is 12.0. The molecule has 20 heavy (non-hydrogen) atoms. The van der Waals surface area contributed by atoms with Gasteiger partial charge in [0.05, 0.1) is 11.6 Å². The van der Waals surface area contributed by atoms with Crippen LogP contribution in [0.2, 0.25) is 0 Å². The van der Waals surface area contributed by atoms with E-state index >= 15 is 0 Å². The Morgan fingerprint density at radius 2 is 2.00 bits per heavy atom. The van der Waals surface area contributed by atoms with Crippen LogP contribution < -0.4 is 0 Å². The van der Waals surface area contributed by atoms with Crippen LogP contribution in [0.15, 0.2) is 36.4 Å². The van der Waals surface area contributed by atoms with Crippen LogP contribution in [0, 0.1) is 19.8 Å². The molecule has 1 aliphatic rings. The van der Waals surface area contributed by atoms with Crippen LogP contribution in [0.4, 0.5) is 0 Å². The molecular weight excluding hydrogens is 252 g/mol. The first-order valence-corrected chi connectivity index (χ1v) is 6.85. The molecule has 0 aliphatic carbocycles. The lowest BCUT2D eigenvalue weighted by Crippen LogP contribution is -2.36. The van der Waals surface area contributed by atoms with Crippen molar-refractivity contribution in [2.75, 3.05) is 0 Å². The number of carbonyl (C=O) groups is 1. The first-order valence-electron chi connectivity index (χ1n) is 6.85. The van der Waals surface area contributed by atoms with Gasteiger partial charge >= 0.3 is 5.97 Å². The summed E-state index contributed by atoms with van der Waals surface area (Å²) in [7, 11) is 0. The first kappa shape index (κ1) is 12.9. The molecular formula is C16H18N2O2. The molecule has 0 unspecified atom stereocenters. The topological polar surface area (TPSA) is 44.1 Å². The van der Waals surface area contributed by atoms with E-state index in [0.29, 0.717) is 6.42 Å². The van der Waals surface area contributed by atoms with Crippen molar-refractivity contribution < 1.29 is 9.53 Å². The summed E-state index contributed by atoms with van der Waals surface area (Å²) < 4.78 is 7.64. The van der Waals surface area contributed by atoms with E-state index in [1.807, 2.05) is 61.9 Å². The highest BCUT2D eigenvalue weighted by atomic mass is 16.6. The van der Waals surface area contributed by atoms with E-state index in [4.69, 9.17) is 4.74 Å². The Bertz CT molecular complexity index is 648. The van der Waals surface area contributed by atoms with E-state index in [0.717, 1.165) is 17.0 Å². The van der Waals surface area contributed by atoms with E-state index in [1.54, 1.807) is 0 Å². The number of benzene rings is 1. The maximum atomic E-state index is 12.0. The summed E-state index contributed by atoms with van der Waals surface area (Å²) >= 11 is 0. The molecule has 1 aromatic heterocycles. The van der Waals surface area contributed by atoms with Gasteiger partial charge < -0.3 is 4.74 Å². The molecule has 2 atom stereocenters. The minimum absolute atomic E-state index is 0.126. The van der Waals surface area contributed by atoms with Crippen LogP contribution in [-0.2, 0) is 15.3 Å². The minimum atomic E-state index is -0.809. The molecule has 0 amide bonds. The lowest BCUT2D eigenvalue weighted by molar-refractivity contribution is -0.154. The first-order chi connectivity index (χ1) is 9.53. The third kappa shape index (κ3) is 1.83. The number of rotatable bonds is 2. The van der Waals surface area contributed by atoms with Crippen molar-refractivity contribution in [2.45, 2.75) is 32.9 Å². The molecule has 1 aromatic carbocycles. The highest BCUT2D eigenvalue weighted by Gasteiger charge is 2.49. The van der Waals surface area contributed by atoms with Crippen LogP contribution in [0.3, 0.4) is 0 Å². The van der Waals surface area contributed by atoms with Crippen LogP contribution in [0.5, 0.6) is 0 Å². The summed E-state index contributed by atoms with van der Waals surface area (Å²) in [4.78, 5) is 12.0. The molecule has 1 fully saturated rings. The van der Waals surface area contributed by atoms with E-state index < -0.39 is 5.72 Å². The Morgan fingerprint density at radius 3 is 2.50 bits per heavy atom. The van der Waals surface area contributed by atoms with E-state index in [1.165, 1.54) is 0 Å². The van der Waals surface area contributed by atoms with Crippen LogP contribution in [0.1, 0.15) is 30.3 Å². The molecule has 2 heterocycles. The van der Waals surface area contributed by atoms with Crippen LogP contribution >= 0.6 is 0 Å². The Balaban J connectivity index is 2.20. The average Bonchev–Trinajstić information content (AvgIpc) is 2.92. The number of aryl methyl sites for hydroxylation is 2. The molecule has 0 N–H and O–H groups in total. The summed E-state index contributed by atoms with van der Waals surface area (Å²) in [6, 6.07) is 11.9. The largest absolute Gasteiger partial charge is 0.432 e. The van der Waals surface area contributed by atoms with Crippen molar-refractivity contribution in [3.05, 3.63) is 53.3 Å². The highest BCUT2D eigenvalue weighted by molar-refractivity contribution is 5.75. The van der Waals surface area contributed by atoms with Gasteiger partial charge in [0.15, 0.2) is 0 Å². The number of carbonyl (C=O) groups excluding carboxylic acids is 1. The number of ether oxygens (including phenoxy) is 1. The zero-order valence-corrected chi connectivity index (χ0v) is 12.0. The van der Waals surface area contributed by atoms with Crippen LogP contribution in [0.25, 0.3) is 0 Å². The molecule has 1 aliphatic heterocycles. The number of cyclic esters (lactones) is 1. The van der Waals surface area contributed by atoms with Gasteiger partial charge in [0.25, 0.3) is 0 Å². The van der Waals surface area contributed by atoms with Gasteiger partial charge in [-0.05, 0) is 19.9 Å². The molecule has 4 nitrogen and oxygen atoms in total. The third-order valence-corrected chi connectivity index (χ3v) is 3.83. The van der Waals surface area contributed by atoms with Gasteiger partial charge in [-0.15, -0.1) is 0 Å². The fraction of sp³-hybridized carbons (Fsp3) is 0.375. The fourth-order valence-corrected chi connectivity index (χ4v) is 2.93. The predicted molar refractivity (Wildman–Crippen MR) is 75.1 cm³/mol. The summed E-state index contributed by atoms with van der Waals surface area (Å²) in [6.07, 6.45) is 0.609. The van der Waals surface area contributed by atoms with Crippen molar-refractivity contribution in [3.8, 4) is 0 Å². The smallest absolute Gasteiger partial charge is 0.311 e. The molecule has 0 radical (unpaired) electrons. The number of esters is 1. The molecule has 2 aromatic rings. The predicted octanol–water partition coefficient (Wildman–Crippen LogP) is 2.78. The molecule has 1 saturated heterocycles. The summed E-state index contributed by atoms with van der Waals surface area (Å²) in [6.45, 7) is 5.84. The quantitative estimate of drug-likeness (QED) is 0.788. The van der Waals surface area contributed by atoms with Gasteiger partial charge in [-0.1, -0.05) is 37.3 Å². The van der Waals surface area contributed by atoms with Crippen LogP contribution in [-0.4, -0.2) is 15.7 Å². The SMILES string of the molecule is Cc1cc(C)n([C@@]2(c3ccccc3)C[C@@H](C)C(=O)O2)n1. The highest BCUT2D eigenvalue weighted by Crippen LogP contribution is 2.41. The second-order valence-corrected chi connectivity index (χ2v) is 5.52. The van der Waals surface area contributed by atoms with Gasteiger partial charge in [0.1, 0.15) is 0 Å². The van der Waals surface area contributed by atoms with Gasteiger partial charge in [0.2, 0.25) is 5.72 Å². The standard InChI is InChI=1S/C16H18N2O2/c1-11-10-16(20-15(11)19,14-7-5-4-6-8-14)18-13(3)9-12(2)17-18/h4-9,11H,10H2,1-3H3/t11-,16+/m1/s1. The summed E-state index contributed by atoms with van der Waals surface area (Å²) in [5.74, 6) is -0.291. The second-order valence-electron chi connectivity index (χ2n) is 5.52. The van der Waals surface area contributed by atoms with Gasteiger partial charge in [-0.3, -0.25) is 4.79 Å².